The van der Waals surface area contributed by atoms with E-state index in [4.69, 9.17) is 36.5 Å². The lowest BCUT2D eigenvalue weighted by Gasteiger charge is -2.14. The standard InChI is InChI=1S/C22H19FN6O3.C21H21FN6O3.C18H17FN4O2.C4H10O3.C3H4N2O.2CH4/c1-2-16-11-28(22(31)32-16)15-7-8-17(18(23)9-15)14-5-3-13(4-6-14)10-29-20-19(26-27-29)21(30)25-12-24-20;1-2-15-11-27(21(30)31-15)14-7-8-16(17(22)9-14)13-5-3-12(4-6-13)10-28-19(23)18(20(24)29)25-26-28;1-2-15-11-23(18(24)25-15)14-7-8-16(17(19)9-14)13-5-3-12(4-6-13)10-21-22-20;1-5-4(6-2)7-3;4-2-1-3(5)6;;/h3-9,12,16H,2,10-11H2,1H3,(H,24,25,30);3-9,15H,2,10-11,23H2,1H3,(H2,24,29);3-9,15H,2,10-11H2,1H3;4H,1-3H3;1H2,(H2,5,6);2*1H4/t16-;2*15-;;;;/m000..../s1. The molecule has 3 aliphatic heterocycles. The van der Waals surface area contributed by atoms with Gasteiger partial charge in [-0.1, -0.05) is 124 Å². The van der Waals surface area contributed by atoms with Crippen LogP contribution in [0.5, 0.6) is 0 Å². The monoisotopic (exact) mass is 1420 g/mol. The number of nitrogen functional groups attached to an aromatic ring is 1. The Balaban J connectivity index is 0.000000222. The number of hydrogen-bond donors (Lipinski definition) is 4. The minimum absolute atomic E-state index is 0. The predicted molar refractivity (Wildman–Crippen MR) is 377 cm³/mol. The molecule has 6 heterocycles. The van der Waals surface area contributed by atoms with E-state index in [1.54, 1.807) is 91.0 Å². The summed E-state index contributed by atoms with van der Waals surface area (Å²) >= 11 is 0. The highest BCUT2D eigenvalue weighted by molar-refractivity contribution is 5.95. The summed E-state index contributed by atoms with van der Waals surface area (Å²) in [7, 11) is 4.53. The number of anilines is 4. The molecule has 3 aliphatic rings. The van der Waals surface area contributed by atoms with Crippen molar-refractivity contribution < 1.29 is 65.6 Å². The number of halogens is 3. The zero-order valence-corrected chi connectivity index (χ0v) is 55.6. The van der Waals surface area contributed by atoms with E-state index < -0.39 is 54.0 Å². The normalized spacial score (nSPS) is 14.8. The molecule has 3 saturated heterocycles. The number of ether oxygens (including phenoxy) is 6. The molecule has 3 aromatic heterocycles. The quantitative estimate of drug-likeness (QED) is 0.0181. The Hall–Kier alpha value is -12.2. The number of nitriles is 1. The predicted octanol–water partition coefficient (Wildman–Crippen LogP) is 11.6. The van der Waals surface area contributed by atoms with Gasteiger partial charge in [-0.25, -0.2) is 41.9 Å². The van der Waals surface area contributed by atoms with Gasteiger partial charge in [0.15, 0.2) is 22.7 Å². The second-order valence-corrected chi connectivity index (χ2v) is 22.3. The number of rotatable bonds is 20. The Bertz CT molecular complexity index is 4540. The number of carbonyl (C=O) groups is 5. The SMILES string of the molecule is C.C.CC[C@H]1CN(c2ccc(-c3ccc(CN=[N+]=[N-])cc3)c(F)c2)C(=O)O1.CC[C@H]1CN(c2ccc(-c3ccc(Cn4nnc(C(N)=O)c4N)cc3)c(F)c2)C(=O)O1.CC[C@H]1CN(c2ccc(-c3ccc(Cn4nnc5c(=O)[nH]cnc54)cc3)c(F)c2)C(=O)O1.COC(OC)OC.N#CCC(N)=O. The molecule has 0 bridgehead atoms. The fourth-order valence-electron chi connectivity index (χ4n) is 10.3. The van der Waals surface area contributed by atoms with Crippen molar-refractivity contribution in [3.63, 3.8) is 0 Å². The maximum atomic E-state index is 14.9. The second kappa shape index (κ2) is 37.8. The van der Waals surface area contributed by atoms with E-state index in [-0.39, 0.29) is 75.3 Å². The van der Waals surface area contributed by atoms with Crippen LogP contribution >= 0.6 is 0 Å². The number of fused-ring (bicyclic) bond motifs is 1. The Morgan fingerprint density at radius 2 is 1.02 bits per heavy atom. The summed E-state index contributed by atoms with van der Waals surface area (Å²) in [6, 6.07) is 37.3. The Kier molecular flexibility index (Phi) is 29.3. The molecule has 0 radical (unpaired) electrons. The summed E-state index contributed by atoms with van der Waals surface area (Å²) < 4.78 is 76.6. The van der Waals surface area contributed by atoms with Gasteiger partial charge in [0.25, 0.3) is 17.9 Å². The number of azide groups is 1. The van der Waals surface area contributed by atoms with Crippen molar-refractivity contribution in [2.75, 3.05) is 61.4 Å². The van der Waals surface area contributed by atoms with Crippen LogP contribution in [0, 0.1) is 28.8 Å². The van der Waals surface area contributed by atoms with Crippen molar-refractivity contribution in [3.8, 4) is 39.4 Å². The topological polar surface area (TPSA) is 408 Å². The molecule has 9 aromatic rings. The molecule has 103 heavy (non-hydrogen) atoms. The highest BCUT2D eigenvalue weighted by Crippen LogP contribution is 2.34. The Morgan fingerprint density at radius 3 is 1.33 bits per heavy atom. The molecule has 30 nitrogen and oxygen atoms in total. The average molecular weight is 1420 g/mol. The van der Waals surface area contributed by atoms with Crippen molar-refractivity contribution in [1.82, 2.24) is 40.0 Å². The van der Waals surface area contributed by atoms with E-state index in [1.807, 2.05) is 45.0 Å². The first kappa shape index (κ1) is 79.7. The molecular weight excluding hydrogens is 1340 g/mol. The molecule has 3 atom stereocenters. The van der Waals surface area contributed by atoms with Gasteiger partial charge in [0.1, 0.15) is 42.2 Å². The van der Waals surface area contributed by atoms with E-state index in [0.717, 1.165) is 23.1 Å². The van der Waals surface area contributed by atoms with Gasteiger partial charge in [0, 0.05) is 42.9 Å². The number of aromatic amines is 1. The first-order valence-electron chi connectivity index (χ1n) is 31.3. The number of nitrogens with one attached hydrogen (secondary N) is 1. The number of H-pyrrole nitrogens is 1. The first-order chi connectivity index (χ1) is 48.6. The van der Waals surface area contributed by atoms with Gasteiger partial charge in [-0.2, -0.15) is 5.26 Å². The van der Waals surface area contributed by atoms with Crippen LogP contribution in [0.3, 0.4) is 0 Å². The lowest BCUT2D eigenvalue weighted by Crippen LogP contribution is -2.24. The van der Waals surface area contributed by atoms with E-state index in [9.17, 15) is 41.9 Å². The van der Waals surface area contributed by atoms with Crippen LogP contribution < -0.4 is 37.5 Å². The van der Waals surface area contributed by atoms with Crippen LogP contribution in [0.15, 0.2) is 144 Å². The van der Waals surface area contributed by atoms with Crippen molar-refractivity contribution in [2.45, 2.75) is 106 Å². The van der Waals surface area contributed by atoms with E-state index in [2.05, 4.69) is 60.6 Å². The second-order valence-electron chi connectivity index (χ2n) is 22.3. The van der Waals surface area contributed by atoms with Crippen molar-refractivity contribution in [1.29, 1.82) is 5.26 Å². The minimum atomic E-state index is -0.745. The summed E-state index contributed by atoms with van der Waals surface area (Å²) in [6.07, 6.45) is 1.41. The van der Waals surface area contributed by atoms with Gasteiger partial charge >= 0.3 is 18.3 Å². The molecule has 7 N–H and O–H groups in total. The van der Waals surface area contributed by atoms with E-state index in [0.29, 0.717) is 95.1 Å². The summed E-state index contributed by atoms with van der Waals surface area (Å²) in [4.78, 5) is 82.1. The lowest BCUT2D eigenvalue weighted by atomic mass is 10.0. The summed E-state index contributed by atoms with van der Waals surface area (Å²) in [5, 5.41) is 26.5. The molecular formula is C70H79F3N18O12. The maximum absolute atomic E-state index is 14.9. The lowest BCUT2D eigenvalue weighted by molar-refractivity contribution is -0.252. The fourth-order valence-corrected chi connectivity index (χ4v) is 10.3. The summed E-state index contributed by atoms with van der Waals surface area (Å²) in [5.41, 5.74) is 31.4. The average Bonchev–Trinajstić information content (AvgIpc) is 1.80. The van der Waals surface area contributed by atoms with Crippen LogP contribution in [0.2, 0.25) is 0 Å². The highest BCUT2D eigenvalue weighted by Gasteiger charge is 2.34. The highest BCUT2D eigenvalue weighted by atomic mass is 19.1. The summed E-state index contributed by atoms with van der Waals surface area (Å²) in [5.74, 6) is -2.50. The Labute approximate surface area is 590 Å². The number of aromatic nitrogens is 8. The minimum Gasteiger partial charge on any atom is -0.444 e. The number of primary amides is 2. The van der Waals surface area contributed by atoms with Gasteiger partial charge in [0.2, 0.25) is 5.91 Å². The molecule has 0 spiro atoms. The smallest absolute Gasteiger partial charge is 0.414 e. The molecule has 0 unspecified atom stereocenters. The van der Waals surface area contributed by atoms with Crippen LogP contribution in [0.4, 0.5) is 50.4 Å². The first-order valence-corrected chi connectivity index (χ1v) is 31.3. The molecule has 12 rings (SSSR count). The van der Waals surface area contributed by atoms with E-state index >= 15 is 0 Å². The third kappa shape index (κ3) is 20.5. The van der Waals surface area contributed by atoms with Crippen molar-refractivity contribution in [3.05, 3.63) is 194 Å². The molecule has 6 aromatic carbocycles. The van der Waals surface area contributed by atoms with Crippen LogP contribution in [-0.2, 0) is 52.8 Å². The van der Waals surface area contributed by atoms with Crippen LogP contribution in [0.25, 0.3) is 55.0 Å². The fraction of sp³-hybridized carbons (Fsp3) is 0.314. The van der Waals surface area contributed by atoms with Gasteiger partial charge in [0.05, 0.1) is 68.7 Å². The van der Waals surface area contributed by atoms with Crippen molar-refractivity contribution in [2.24, 2.45) is 16.6 Å². The molecule has 5 amide bonds. The summed E-state index contributed by atoms with van der Waals surface area (Å²) in [6.45, 7) is 7.46. The van der Waals surface area contributed by atoms with Gasteiger partial charge in [-0.05, 0) is 113 Å². The number of amides is 5. The molecule has 0 saturated carbocycles. The molecule has 33 heteroatoms. The number of cyclic esters (lactones) is 3. The number of hydrogen-bond acceptors (Lipinski definition) is 20. The number of methoxy groups -OCH3 is 3. The number of nitrogens with two attached hydrogens (primary N) is 3. The van der Waals surface area contributed by atoms with Crippen LogP contribution in [-0.4, -0.2) is 136 Å². The van der Waals surface area contributed by atoms with Gasteiger partial charge < -0.3 is 50.6 Å². The third-order valence-electron chi connectivity index (χ3n) is 15.7. The maximum Gasteiger partial charge on any atom is 0.414 e. The zero-order chi connectivity index (χ0) is 72.9. The molecule has 542 valence electrons. The molecule has 0 aliphatic carbocycles. The number of benzene rings is 6. The number of carbonyl (C=O) groups excluding carboxylic acids is 5. The van der Waals surface area contributed by atoms with Gasteiger partial charge in [-0.3, -0.25) is 29.1 Å². The van der Waals surface area contributed by atoms with Crippen molar-refractivity contribution >= 4 is 64.1 Å². The van der Waals surface area contributed by atoms with Crippen LogP contribution in [0.1, 0.15) is 88.5 Å². The third-order valence-corrected chi connectivity index (χ3v) is 15.7. The zero-order valence-electron chi connectivity index (χ0n) is 55.6. The largest absolute Gasteiger partial charge is 0.444 e. The Morgan fingerprint density at radius 1 is 0.631 bits per heavy atom. The van der Waals surface area contributed by atoms with E-state index in [1.165, 1.54) is 69.9 Å². The van der Waals surface area contributed by atoms with Gasteiger partial charge in [-0.15, -0.1) is 10.2 Å². The number of nitrogens with zero attached hydrogens (tertiary/aromatic N) is 14. The molecule has 3 fully saturated rings.